The van der Waals surface area contributed by atoms with E-state index in [-0.39, 0.29) is 11.7 Å². The molecule has 0 aliphatic carbocycles. The van der Waals surface area contributed by atoms with E-state index >= 15 is 0 Å². The number of hydrogen-bond donors (Lipinski definition) is 1. The molecule has 0 fully saturated rings. The van der Waals surface area contributed by atoms with Crippen LogP contribution in [0.3, 0.4) is 0 Å². The monoisotopic (exact) mass is 261 g/mol. The van der Waals surface area contributed by atoms with Crippen LogP contribution in [0.2, 0.25) is 0 Å². The second-order valence-electron chi connectivity index (χ2n) is 4.33. The lowest BCUT2D eigenvalue weighted by molar-refractivity contribution is -0.127. The number of carbonyl (C=O) groups is 2. The summed E-state index contributed by atoms with van der Waals surface area (Å²) in [7, 11) is 0. The third kappa shape index (κ3) is 4.25. The van der Waals surface area contributed by atoms with Gasteiger partial charge in [0.15, 0.2) is 11.9 Å². The van der Waals surface area contributed by atoms with E-state index in [1.807, 2.05) is 6.92 Å². The molecule has 0 aliphatic heterocycles. The molecule has 1 aromatic rings. The summed E-state index contributed by atoms with van der Waals surface area (Å²) < 4.78 is 5.58. The molecule has 1 amide bonds. The van der Waals surface area contributed by atoms with Crippen molar-refractivity contribution in [3.05, 3.63) is 42.0 Å². The van der Waals surface area contributed by atoms with E-state index in [4.69, 9.17) is 4.74 Å². The van der Waals surface area contributed by atoms with Crippen LogP contribution in [0.4, 0.5) is 0 Å². The van der Waals surface area contributed by atoms with E-state index in [1.165, 1.54) is 6.92 Å². The molecule has 0 aromatic heterocycles. The molecule has 1 unspecified atom stereocenters. The summed E-state index contributed by atoms with van der Waals surface area (Å²) in [4.78, 5) is 22.9. The van der Waals surface area contributed by atoms with Gasteiger partial charge in [0.1, 0.15) is 5.75 Å². The number of ether oxygens (including phenoxy) is 1. The van der Waals surface area contributed by atoms with Gasteiger partial charge in [0.2, 0.25) is 0 Å². The van der Waals surface area contributed by atoms with Crippen LogP contribution in [-0.4, -0.2) is 24.3 Å². The summed E-state index contributed by atoms with van der Waals surface area (Å²) in [5.41, 5.74) is 1.46. The van der Waals surface area contributed by atoms with Crippen molar-refractivity contribution in [3.63, 3.8) is 0 Å². The summed E-state index contributed by atoms with van der Waals surface area (Å²) in [6, 6.07) is 5.16. The number of nitrogens with one attached hydrogen (secondary N) is 1. The lowest BCUT2D eigenvalue weighted by Gasteiger charge is -2.16. The minimum atomic E-state index is -0.596. The molecule has 19 heavy (non-hydrogen) atoms. The normalized spacial score (nSPS) is 11.5. The van der Waals surface area contributed by atoms with E-state index in [2.05, 4.69) is 11.9 Å². The zero-order valence-corrected chi connectivity index (χ0v) is 11.5. The fourth-order valence-corrected chi connectivity index (χ4v) is 1.56. The number of carbonyl (C=O) groups excluding carboxylic acids is 2. The number of benzene rings is 1. The summed E-state index contributed by atoms with van der Waals surface area (Å²) in [6.07, 6.45) is 1.01. The maximum Gasteiger partial charge on any atom is 0.261 e. The number of Topliss-reactive ketones (excluding diaryl/α,β-unsaturated/α-hetero) is 1. The Morgan fingerprint density at radius 3 is 2.68 bits per heavy atom. The fraction of sp³-hybridized carbons (Fsp3) is 0.333. The molecular formula is C15H19NO3. The van der Waals surface area contributed by atoms with Gasteiger partial charge in [-0.1, -0.05) is 6.08 Å². The summed E-state index contributed by atoms with van der Waals surface area (Å²) in [5, 5.41) is 2.67. The van der Waals surface area contributed by atoms with Crippen LogP contribution in [-0.2, 0) is 4.79 Å². The van der Waals surface area contributed by atoms with Crippen molar-refractivity contribution in [2.45, 2.75) is 26.9 Å². The number of hydrogen-bond acceptors (Lipinski definition) is 3. The first-order valence-corrected chi connectivity index (χ1v) is 6.12. The number of rotatable bonds is 6. The van der Waals surface area contributed by atoms with Crippen LogP contribution in [0.15, 0.2) is 30.9 Å². The Labute approximate surface area is 113 Å². The minimum absolute atomic E-state index is 0.00595. The Kier molecular flexibility index (Phi) is 5.30. The molecule has 1 rings (SSSR count). The van der Waals surface area contributed by atoms with Crippen LogP contribution in [0, 0.1) is 6.92 Å². The maximum atomic E-state index is 11.7. The van der Waals surface area contributed by atoms with Gasteiger partial charge in [-0.3, -0.25) is 9.59 Å². The molecule has 0 aliphatic rings. The molecule has 1 N–H and O–H groups in total. The molecule has 4 heteroatoms. The molecule has 0 radical (unpaired) electrons. The average Bonchev–Trinajstić information content (AvgIpc) is 2.37. The highest BCUT2D eigenvalue weighted by atomic mass is 16.5. The molecule has 102 valence electrons. The third-order valence-electron chi connectivity index (χ3n) is 2.68. The van der Waals surface area contributed by atoms with Crippen LogP contribution < -0.4 is 10.1 Å². The lowest BCUT2D eigenvalue weighted by Crippen LogP contribution is -2.36. The highest BCUT2D eigenvalue weighted by molar-refractivity contribution is 5.94. The maximum absolute atomic E-state index is 11.7. The van der Waals surface area contributed by atoms with Gasteiger partial charge in [-0.2, -0.15) is 0 Å². The first-order chi connectivity index (χ1) is 8.95. The van der Waals surface area contributed by atoms with E-state index in [0.29, 0.717) is 17.9 Å². The standard InChI is InChI=1S/C15H19NO3/c1-5-8-16-15(18)12(4)19-14-7-6-13(11(3)17)9-10(14)2/h5-7,9,12H,1,8H2,2-4H3,(H,16,18). The molecule has 1 atom stereocenters. The molecule has 0 bridgehead atoms. The Morgan fingerprint density at radius 1 is 1.47 bits per heavy atom. The van der Waals surface area contributed by atoms with Crippen molar-refractivity contribution in [2.75, 3.05) is 6.54 Å². The lowest BCUT2D eigenvalue weighted by atomic mass is 10.1. The first-order valence-electron chi connectivity index (χ1n) is 6.12. The van der Waals surface area contributed by atoms with Gasteiger partial charge in [-0.05, 0) is 44.5 Å². The average molecular weight is 261 g/mol. The quantitative estimate of drug-likeness (QED) is 0.631. The Bertz CT molecular complexity index is 494. The van der Waals surface area contributed by atoms with E-state index in [1.54, 1.807) is 31.2 Å². The zero-order valence-electron chi connectivity index (χ0n) is 11.5. The minimum Gasteiger partial charge on any atom is -0.481 e. The largest absolute Gasteiger partial charge is 0.481 e. The van der Waals surface area contributed by atoms with Gasteiger partial charge >= 0.3 is 0 Å². The van der Waals surface area contributed by atoms with Gasteiger partial charge in [0.25, 0.3) is 5.91 Å². The van der Waals surface area contributed by atoms with Gasteiger partial charge in [0, 0.05) is 12.1 Å². The summed E-state index contributed by atoms with van der Waals surface area (Å²) in [5.74, 6) is 0.410. The van der Waals surface area contributed by atoms with Crippen molar-refractivity contribution >= 4 is 11.7 Å². The van der Waals surface area contributed by atoms with Gasteiger partial charge < -0.3 is 10.1 Å². The van der Waals surface area contributed by atoms with Gasteiger partial charge in [-0.15, -0.1) is 6.58 Å². The molecule has 0 spiro atoms. The van der Waals surface area contributed by atoms with Crippen LogP contribution >= 0.6 is 0 Å². The van der Waals surface area contributed by atoms with Crippen LogP contribution in [0.25, 0.3) is 0 Å². The molecule has 4 nitrogen and oxygen atoms in total. The Hall–Kier alpha value is -2.10. The van der Waals surface area contributed by atoms with Gasteiger partial charge in [0.05, 0.1) is 0 Å². The van der Waals surface area contributed by atoms with Crippen molar-refractivity contribution < 1.29 is 14.3 Å². The van der Waals surface area contributed by atoms with Crippen LogP contribution in [0.5, 0.6) is 5.75 Å². The highest BCUT2D eigenvalue weighted by Crippen LogP contribution is 2.20. The predicted molar refractivity (Wildman–Crippen MR) is 74.5 cm³/mol. The van der Waals surface area contributed by atoms with Crippen molar-refractivity contribution in [1.82, 2.24) is 5.32 Å². The Morgan fingerprint density at radius 2 is 2.16 bits per heavy atom. The van der Waals surface area contributed by atoms with Crippen molar-refractivity contribution in [2.24, 2.45) is 0 Å². The van der Waals surface area contributed by atoms with Gasteiger partial charge in [-0.25, -0.2) is 0 Å². The predicted octanol–water partition coefficient (Wildman–Crippen LogP) is 2.27. The fourth-order valence-electron chi connectivity index (χ4n) is 1.56. The molecule has 0 saturated carbocycles. The number of ketones is 1. The molecular weight excluding hydrogens is 242 g/mol. The second kappa shape index (κ2) is 6.73. The third-order valence-corrected chi connectivity index (χ3v) is 2.68. The van der Waals surface area contributed by atoms with E-state index < -0.39 is 6.10 Å². The highest BCUT2D eigenvalue weighted by Gasteiger charge is 2.15. The zero-order chi connectivity index (χ0) is 14.4. The summed E-state index contributed by atoms with van der Waals surface area (Å²) >= 11 is 0. The smallest absolute Gasteiger partial charge is 0.261 e. The SMILES string of the molecule is C=CCNC(=O)C(C)Oc1ccc(C(C)=O)cc1C. The van der Waals surface area contributed by atoms with Crippen LogP contribution in [0.1, 0.15) is 29.8 Å². The first kappa shape index (κ1) is 15.0. The molecule has 0 saturated heterocycles. The second-order valence-corrected chi connectivity index (χ2v) is 4.33. The summed E-state index contributed by atoms with van der Waals surface area (Å²) in [6.45, 7) is 8.98. The van der Waals surface area contributed by atoms with Crippen molar-refractivity contribution in [1.29, 1.82) is 0 Å². The Balaban J connectivity index is 2.74. The van der Waals surface area contributed by atoms with E-state index in [9.17, 15) is 9.59 Å². The topological polar surface area (TPSA) is 55.4 Å². The number of aryl methyl sites for hydroxylation is 1. The number of amides is 1. The van der Waals surface area contributed by atoms with Crippen molar-refractivity contribution in [3.8, 4) is 5.75 Å². The van der Waals surface area contributed by atoms with E-state index in [0.717, 1.165) is 5.56 Å². The molecule has 1 aromatic carbocycles. The molecule has 0 heterocycles.